The Bertz CT molecular complexity index is 803. The minimum Gasteiger partial charge on any atom is -0.339 e. The second-order valence-corrected chi connectivity index (χ2v) is 4.52. The van der Waals surface area contributed by atoms with E-state index in [1.54, 1.807) is 0 Å². The summed E-state index contributed by atoms with van der Waals surface area (Å²) in [6.07, 6.45) is 1.33. The highest BCUT2D eigenvalue weighted by atomic mass is 19.1. The zero-order valence-corrected chi connectivity index (χ0v) is 11.6. The third-order valence-corrected chi connectivity index (χ3v) is 2.88. The highest BCUT2D eigenvalue weighted by Gasteiger charge is 2.10. The molecule has 2 N–H and O–H groups in total. The predicted molar refractivity (Wildman–Crippen MR) is 79.2 cm³/mol. The fourth-order valence-electron chi connectivity index (χ4n) is 1.83. The fourth-order valence-corrected chi connectivity index (χ4v) is 1.83. The van der Waals surface area contributed by atoms with Crippen LogP contribution in [-0.4, -0.2) is 15.2 Å². The van der Waals surface area contributed by atoms with Gasteiger partial charge in [-0.15, -0.1) is 5.10 Å². The topological polar surface area (TPSA) is 62.7 Å². The molecule has 3 aromatic rings. The van der Waals surface area contributed by atoms with E-state index in [1.807, 2.05) is 0 Å². The Hall–Kier alpha value is -3.16. The lowest BCUT2D eigenvalue weighted by Gasteiger charge is -2.08. The standard InChI is InChI=1S/C15H10F3N5/c16-9-4-6-10(7-5-9)20-13-8-19-23-15(21-13)22-14-11(17)2-1-3-12(14)18/h1-8H,(H2,20,21,22,23). The van der Waals surface area contributed by atoms with E-state index in [9.17, 15) is 13.2 Å². The molecule has 2 aromatic carbocycles. The van der Waals surface area contributed by atoms with Crippen LogP contribution in [0.1, 0.15) is 0 Å². The number of para-hydroxylation sites is 1. The maximum Gasteiger partial charge on any atom is 0.249 e. The van der Waals surface area contributed by atoms with Crippen LogP contribution >= 0.6 is 0 Å². The summed E-state index contributed by atoms with van der Waals surface area (Å²) >= 11 is 0. The lowest BCUT2D eigenvalue weighted by Crippen LogP contribution is -2.04. The maximum absolute atomic E-state index is 13.6. The summed E-state index contributed by atoms with van der Waals surface area (Å²) in [5, 5.41) is 12.7. The molecule has 5 nitrogen and oxygen atoms in total. The summed E-state index contributed by atoms with van der Waals surface area (Å²) in [4.78, 5) is 4.05. The molecule has 0 unspecified atom stereocenters. The van der Waals surface area contributed by atoms with E-state index in [0.717, 1.165) is 12.1 Å². The molecule has 23 heavy (non-hydrogen) atoms. The summed E-state index contributed by atoms with van der Waals surface area (Å²) in [6, 6.07) is 9.07. The van der Waals surface area contributed by atoms with Crippen molar-refractivity contribution in [2.45, 2.75) is 0 Å². The van der Waals surface area contributed by atoms with Crippen LogP contribution in [0.5, 0.6) is 0 Å². The molecule has 0 amide bonds. The Morgan fingerprint density at radius 1 is 0.826 bits per heavy atom. The fraction of sp³-hybridized carbons (Fsp3) is 0. The van der Waals surface area contributed by atoms with Crippen LogP contribution < -0.4 is 10.6 Å². The van der Waals surface area contributed by atoms with Gasteiger partial charge in [-0.3, -0.25) is 0 Å². The number of halogens is 3. The van der Waals surface area contributed by atoms with Crippen LogP contribution in [0, 0.1) is 17.5 Å². The molecule has 0 spiro atoms. The molecule has 0 saturated heterocycles. The third kappa shape index (κ3) is 3.54. The molecule has 116 valence electrons. The summed E-state index contributed by atoms with van der Waals surface area (Å²) in [5.41, 5.74) is 0.211. The monoisotopic (exact) mass is 317 g/mol. The molecule has 8 heteroatoms. The zero-order valence-electron chi connectivity index (χ0n) is 11.6. The number of hydrogen-bond acceptors (Lipinski definition) is 5. The van der Waals surface area contributed by atoms with Gasteiger partial charge in [-0.2, -0.15) is 10.1 Å². The van der Waals surface area contributed by atoms with Gasteiger partial charge in [-0.25, -0.2) is 13.2 Å². The highest BCUT2D eigenvalue weighted by Crippen LogP contribution is 2.22. The van der Waals surface area contributed by atoms with Gasteiger partial charge in [0, 0.05) is 5.69 Å². The minimum absolute atomic E-state index is 0.0823. The van der Waals surface area contributed by atoms with Crippen molar-refractivity contribution in [2.75, 3.05) is 10.6 Å². The van der Waals surface area contributed by atoms with Gasteiger partial charge in [0.05, 0.1) is 6.20 Å². The maximum atomic E-state index is 13.6. The molecule has 1 aromatic heterocycles. The van der Waals surface area contributed by atoms with Gasteiger partial charge in [-0.1, -0.05) is 6.07 Å². The van der Waals surface area contributed by atoms with Crippen molar-refractivity contribution in [3.05, 3.63) is 66.1 Å². The van der Waals surface area contributed by atoms with Crippen LogP contribution in [0.3, 0.4) is 0 Å². The van der Waals surface area contributed by atoms with Gasteiger partial charge in [0.2, 0.25) is 5.95 Å². The molecule has 1 heterocycles. The van der Waals surface area contributed by atoms with Crippen LogP contribution in [0.15, 0.2) is 48.7 Å². The quantitative estimate of drug-likeness (QED) is 0.767. The van der Waals surface area contributed by atoms with E-state index in [2.05, 4.69) is 25.8 Å². The van der Waals surface area contributed by atoms with Gasteiger partial charge in [0.15, 0.2) is 5.82 Å². The summed E-state index contributed by atoms with van der Waals surface area (Å²) in [5.74, 6) is -1.71. The smallest absolute Gasteiger partial charge is 0.249 e. The summed E-state index contributed by atoms with van der Waals surface area (Å²) in [7, 11) is 0. The second-order valence-electron chi connectivity index (χ2n) is 4.52. The van der Waals surface area contributed by atoms with Crippen molar-refractivity contribution >= 4 is 23.1 Å². The molecule has 0 saturated carbocycles. The number of nitrogens with one attached hydrogen (secondary N) is 2. The third-order valence-electron chi connectivity index (χ3n) is 2.88. The first kappa shape index (κ1) is 14.8. The van der Waals surface area contributed by atoms with E-state index in [-0.39, 0.29) is 23.3 Å². The van der Waals surface area contributed by atoms with E-state index in [1.165, 1.54) is 36.5 Å². The lowest BCUT2D eigenvalue weighted by atomic mass is 10.3. The van der Waals surface area contributed by atoms with Gasteiger partial charge in [-0.05, 0) is 36.4 Å². The summed E-state index contributed by atoms with van der Waals surface area (Å²) in [6.45, 7) is 0. The van der Waals surface area contributed by atoms with Gasteiger partial charge >= 0.3 is 0 Å². The van der Waals surface area contributed by atoms with E-state index in [0.29, 0.717) is 5.69 Å². The van der Waals surface area contributed by atoms with E-state index in [4.69, 9.17) is 0 Å². The highest BCUT2D eigenvalue weighted by molar-refractivity contribution is 5.59. The first-order chi connectivity index (χ1) is 11.1. The average molecular weight is 317 g/mol. The van der Waals surface area contributed by atoms with E-state index >= 15 is 0 Å². The predicted octanol–water partition coefficient (Wildman–Crippen LogP) is 3.78. The Morgan fingerprint density at radius 2 is 1.52 bits per heavy atom. The number of rotatable bonds is 4. The lowest BCUT2D eigenvalue weighted by molar-refractivity contribution is 0.590. The van der Waals surface area contributed by atoms with Gasteiger partial charge in [0.1, 0.15) is 23.1 Å². The molecule has 0 bridgehead atoms. The molecule has 0 radical (unpaired) electrons. The second kappa shape index (κ2) is 6.30. The molecule has 3 rings (SSSR count). The molecule has 0 fully saturated rings. The van der Waals surface area contributed by atoms with Crippen LogP contribution in [-0.2, 0) is 0 Å². The SMILES string of the molecule is Fc1ccc(Nc2cnnc(Nc3c(F)cccc3F)n2)cc1. The normalized spacial score (nSPS) is 10.4. The first-order valence-electron chi connectivity index (χ1n) is 6.55. The van der Waals surface area contributed by atoms with E-state index < -0.39 is 11.6 Å². The largest absolute Gasteiger partial charge is 0.339 e. The van der Waals surface area contributed by atoms with Crippen molar-refractivity contribution in [2.24, 2.45) is 0 Å². The van der Waals surface area contributed by atoms with Crippen molar-refractivity contribution in [3.8, 4) is 0 Å². The summed E-state index contributed by atoms with van der Waals surface area (Å²) < 4.78 is 40.0. The van der Waals surface area contributed by atoms with Gasteiger partial charge < -0.3 is 10.6 Å². The molecular weight excluding hydrogens is 307 g/mol. The Kier molecular flexibility index (Phi) is 4.05. The number of benzene rings is 2. The Balaban J connectivity index is 1.81. The molecule has 0 atom stereocenters. The average Bonchev–Trinajstić information content (AvgIpc) is 2.54. The molecule has 0 aliphatic heterocycles. The van der Waals surface area contributed by atoms with Crippen molar-refractivity contribution in [1.29, 1.82) is 0 Å². The van der Waals surface area contributed by atoms with Crippen molar-refractivity contribution in [1.82, 2.24) is 15.2 Å². The van der Waals surface area contributed by atoms with Crippen LogP contribution in [0.2, 0.25) is 0 Å². The van der Waals surface area contributed by atoms with Crippen molar-refractivity contribution < 1.29 is 13.2 Å². The number of aromatic nitrogens is 3. The Morgan fingerprint density at radius 3 is 2.22 bits per heavy atom. The minimum atomic E-state index is -0.773. The number of anilines is 4. The zero-order chi connectivity index (χ0) is 16.2. The molecule has 0 aliphatic rings. The first-order valence-corrected chi connectivity index (χ1v) is 6.55. The number of hydrogen-bond donors (Lipinski definition) is 2. The van der Waals surface area contributed by atoms with Gasteiger partial charge in [0.25, 0.3) is 0 Å². The van der Waals surface area contributed by atoms with Crippen LogP contribution in [0.4, 0.5) is 36.3 Å². The van der Waals surface area contributed by atoms with Crippen LogP contribution in [0.25, 0.3) is 0 Å². The number of nitrogens with zero attached hydrogens (tertiary/aromatic N) is 3. The molecular formula is C15H10F3N5. The Labute approximate surface area is 129 Å². The molecule has 0 aliphatic carbocycles. The van der Waals surface area contributed by atoms with Crippen molar-refractivity contribution in [3.63, 3.8) is 0 Å².